The first kappa shape index (κ1) is 22.7. The summed E-state index contributed by atoms with van der Waals surface area (Å²) < 4.78 is 30.5. The Labute approximate surface area is 173 Å². The van der Waals surface area contributed by atoms with E-state index in [0.717, 1.165) is 24.0 Å². The molecule has 0 radical (unpaired) electrons. The molecular formula is C24H31FO4. The maximum atomic E-state index is 14.4. The van der Waals surface area contributed by atoms with Crippen LogP contribution in [0.25, 0.3) is 11.1 Å². The summed E-state index contributed by atoms with van der Waals surface area (Å²) >= 11 is 0. The average Bonchev–Trinajstić information content (AvgIpc) is 2.72. The number of unbranched alkanes of at least 4 members (excludes halogenated alkanes) is 4. The lowest BCUT2D eigenvalue weighted by atomic mass is 10.1. The second kappa shape index (κ2) is 12.1. The SMILES string of the molecule is CCCCCCCOc1ccc(-c2ccc(OC(C)C(=O)OCC)cc2)cc1F. The second-order valence-corrected chi connectivity index (χ2v) is 6.94. The van der Waals surface area contributed by atoms with Crippen molar-refractivity contribution in [3.05, 3.63) is 48.3 Å². The molecule has 158 valence electrons. The van der Waals surface area contributed by atoms with Crippen LogP contribution in [0.2, 0.25) is 0 Å². The fourth-order valence-corrected chi connectivity index (χ4v) is 2.92. The summed E-state index contributed by atoms with van der Waals surface area (Å²) in [6.45, 7) is 6.42. The summed E-state index contributed by atoms with van der Waals surface area (Å²) in [4.78, 5) is 11.6. The monoisotopic (exact) mass is 402 g/mol. The van der Waals surface area contributed by atoms with Crippen LogP contribution in [0, 0.1) is 5.82 Å². The molecule has 0 spiro atoms. The van der Waals surface area contributed by atoms with E-state index in [-0.39, 0.29) is 11.6 Å². The summed E-state index contributed by atoms with van der Waals surface area (Å²) in [5.74, 6) is 0.0668. The van der Waals surface area contributed by atoms with E-state index in [2.05, 4.69) is 6.92 Å². The lowest BCUT2D eigenvalue weighted by Gasteiger charge is -2.14. The van der Waals surface area contributed by atoms with Crippen molar-refractivity contribution in [1.29, 1.82) is 0 Å². The second-order valence-electron chi connectivity index (χ2n) is 6.94. The van der Waals surface area contributed by atoms with Gasteiger partial charge in [0.05, 0.1) is 13.2 Å². The highest BCUT2D eigenvalue weighted by atomic mass is 19.1. The Morgan fingerprint density at radius 1 is 0.966 bits per heavy atom. The van der Waals surface area contributed by atoms with Crippen LogP contribution in [-0.4, -0.2) is 25.3 Å². The van der Waals surface area contributed by atoms with E-state index in [1.54, 1.807) is 32.0 Å². The fraction of sp³-hybridized carbons (Fsp3) is 0.458. The molecule has 0 aliphatic carbocycles. The van der Waals surface area contributed by atoms with Crippen molar-refractivity contribution in [3.8, 4) is 22.6 Å². The Bertz CT molecular complexity index is 758. The lowest BCUT2D eigenvalue weighted by Crippen LogP contribution is -2.25. The van der Waals surface area contributed by atoms with Gasteiger partial charge in [-0.3, -0.25) is 0 Å². The van der Waals surface area contributed by atoms with Crippen LogP contribution in [0.4, 0.5) is 4.39 Å². The summed E-state index contributed by atoms with van der Waals surface area (Å²) in [6, 6.07) is 12.2. The van der Waals surface area contributed by atoms with E-state index >= 15 is 0 Å². The Morgan fingerprint density at radius 2 is 1.66 bits per heavy atom. The lowest BCUT2D eigenvalue weighted by molar-refractivity contribution is -0.150. The van der Waals surface area contributed by atoms with Gasteiger partial charge in [0, 0.05) is 0 Å². The van der Waals surface area contributed by atoms with Gasteiger partial charge in [-0.2, -0.15) is 0 Å². The Kier molecular flexibility index (Phi) is 9.48. The largest absolute Gasteiger partial charge is 0.491 e. The Hall–Kier alpha value is -2.56. The van der Waals surface area contributed by atoms with Gasteiger partial charge in [0.1, 0.15) is 5.75 Å². The number of ether oxygens (including phenoxy) is 3. The summed E-state index contributed by atoms with van der Waals surface area (Å²) in [7, 11) is 0. The van der Waals surface area contributed by atoms with Crippen LogP contribution in [0.15, 0.2) is 42.5 Å². The molecule has 0 fully saturated rings. The quantitative estimate of drug-likeness (QED) is 0.314. The number of hydrogen-bond donors (Lipinski definition) is 0. The van der Waals surface area contributed by atoms with Crippen LogP contribution >= 0.6 is 0 Å². The number of rotatable bonds is 12. The molecule has 0 saturated carbocycles. The van der Waals surface area contributed by atoms with Gasteiger partial charge in [-0.25, -0.2) is 9.18 Å². The molecule has 1 atom stereocenters. The average molecular weight is 403 g/mol. The van der Waals surface area contributed by atoms with Crippen molar-refractivity contribution < 1.29 is 23.4 Å². The first-order valence-electron chi connectivity index (χ1n) is 10.4. The first-order valence-corrected chi connectivity index (χ1v) is 10.4. The van der Waals surface area contributed by atoms with Crippen molar-refractivity contribution in [2.75, 3.05) is 13.2 Å². The van der Waals surface area contributed by atoms with Crippen molar-refractivity contribution in [1.82, 2.24) is 0 Å². The molecule has 29 heavy (non-hydrogen) atoms. The Morgan fingerprint density at radius 3 is 2.31 bits per heavy atom. The highest BCUT2D eigenvalue weighted by molar-refractivity contribution is 5.74. The highest BCUT2D eigenvalue weighted by Crippen LogP contribution is 2.27. The number of benzene rings is 2. The minimum Gasteiger partial charge on any atom is -0.491 e. The molecule has 0 aromatic heterocycles. The number of carbonyl (C=O) groups is 1. The fourth-order valence-electron chi connectivity index (χ4n) is 2.92. The van der Waals surface area contributed by atoms with E-state index < -0.39 is 12.1 Å². The molecular weight excluding hydrogens is 371 g/mol. The van der Waals surface area contributed by atoms with Gasteiger partial charge in [0.25, 0.3) is 0 Å². The molecule has 0 aliphatic rings. The summed E-state index contributed by atoms with van der Waals surface area (Å²) in [6.07, 6.45) is 4.99. The van der Waals surface area contributed by atoms with Gasteiger partial charge in [0.2, 0.25) is 0 Å². The number of esters is 1. The number of hydrogen-bond acceptors (Lipinski definition) is 4. The minimum absolute atomic E-state index is 0.285. The molecule has 2 aromatic rings. The zero-order chi connectivity index (χ0) is 21.1. The van der Waals surface area contributed by atoms with Crippen LogP contribution in [0.1, 0.15) is 52.9 Å². The maximum absolute atomic E-state index is 14.4. The summed E-state index contributed by atoms with van der Waals surface area (Å²) in [5, 5.41) is 0. The third kappa shape index (κ3) is 7.41. The van der Waals surface area contributed by atoms with Gasteiger partial charge in [-0.05, 0) is 55.7 Å². The minimum atomic E-state index is -0.684. The molecule has 0 bridgehead atoms. The smallest absolute Gasteiger partial charge is 0.347 e. The molecule has 2 rings (SSSR count). The van der Waals surface area contributed by atoms with Gasteiger partial charge in [-0.15, -0.1) is 0 Å². The van der Waals surface area contributed by atoms with Crippen LogP contribution < -0.4 is 9.47 Å². The van der Waals surface area contributed by atoms with Gasteiger partial charge in [-0.1, -0.05) is 50.8 Å². The molecule has 0 amide bonds. The third-order valence-electron chi connectivity index (χ3n) is 4.56. The van der Waals surface area contributed by atoms with Crippen molar-refractivity contribution >= 4 is 5.97 Å². The number of halogens is 1. The van der Waals surface area contributed by atoms with Crippen LogP contribution in [0.5, 0.6) is 11.5 Å². The predicted octanol–water partition coefficient (Wildman–Crippen LogP) is 6.17. The van der Waals surface area contributed by atoms with Crippen molar-refractivity contribution in [3.63, 3.8) is 0 Å². The van der Waals surface area contributed by atoms with Crippen LogP contribution in [-0.2, 0) is 9.53 Å². The van der Waals surface area contributed by atoms with Crippen molar-refractivity contribution in [2.45, 2.75) is 59.0 Å². The molecule has 0 N–H and O–H groups in total. The zero-order valence-electron chi connectivity index (χ0n) is 17.6. The van der Waals surface area contributed by atoms with E-state index in [1.165, 1.54) is 25.3 Å². The predicted molar refractivity (Wildman–Crippen MR) is 113 cm³/mol. The van der Waals surface area contributed by atoms with Crippen molar-refractivity contribution in [2.24, 2.45) is 0 Å². The van der Waals surface area contributed by atoms with Gasteiger partial charge < -0.3 is 14.2 Å². The number of carbonyl (C=O) groups excluding carboxylic acids is 1. The molecule has 0 aliphatic heterocycles. The normalized spacial score (nSPS) is 11.7. The van der Waals surface area contributed by atoms with Crippen LogP contribution in [0.3, 0.4) is 0 Å². The topological polar surface area (TPSA) is 44.8 Å². The standard InChI is InChI=1S/C24H31FO4/c1-4-6-7-8-9-16-28-23-15-12-20(17-22(23)25)19-10-13-21(14-11-19)29-18(3)24(26)27-5-2/h10-15,17-18H,4-9,16H2,1-3H3. The summed E-state index contributed by atoms with van der Waals surface area (Å²) in [5.41, 5.74) is 1.61. The molecule has 4 nitrogen and oxygen atoms in total. The Balaban J connectivity index is 1.91. The van der Waals surface area contributed by atoms with Gasteiger partial charge >= 0.3 is 5.97 Å². The molecule has 1 unspecified atom stereocenters. The molecule has 2 aromatic carbocycles. The first-order chi connectivity index (χ1) is 14.0. The molecule has 0 heterocycles. The molecule has 5 heteroatoms. The maximum Gasteiger partial charge on any atom is 0.347 e. The van der Waals surface area contributed by atoms with Gasteiger partial charge in [0.15, 0.2) is 17.7 Å². The van der Waals surface area contributed by atoms with E-state index in [4.69, 9.17) is 14.2 Å². The zero-order valence-corrected chi connectivity index (χ0v) is 17.6. The third-order valence-corrected chi connectivity index (χ3v) is 4.56. The van der Waals surface area contributed by atoms with E-state index in [0.29, 0.717) is 19.0 Å². The molecule has 0 saturated heterocycles. The van der Waals surface area contributed by atoms with E-state index in [1.807, 2.05) is 18.2 Å². The highest BCUT2D eigenvalue weighted by Gasteiger charge is 2.15. The van der Waals surface area contributed by atoms with E-state index in [9.17, 15) is 9.18 Å².